The first-order valence-corrected chi connectivity index (χ1v) is 11.4. The Bertz CT molecular complexity index is 1050. The first-order chi connectivity index (χ1) is 15.9. The van der Waals surface area contributed by atoms with Gasteiger partial charge >= 0.3 is 6.03 Å². The zero-order chi connectivity index (χ0) is 23.3. The number of benzene rings is 2. The third-order valence-corrected chi connectivity index (χ3v) is 5.95. The number of ether oxygens (including phenoxy) is 1. The van der Waals surface area contributed by atoms with Crippen molar-refractivity contribution in [1.29, 1.82) is 0 Å². The Morgan fingerprint density at radius 3 is 2.21 bits per heavy atom. The van der Waals surface area contributed by atoms with Gasteiger partial charge in [-0.2, -0.15) is 0 Å². The van der Waals surface area contributed by atoms with Gasteiger partial charge in [-0.25, -0.2) is 9.18 Å². The van der Waals surface area contributed by atoms with Gasteiger partial charge < -0.3 is 9.64 Å². The number of unbranched alkanes of at least 4 members (excludes halogenated alkanes) is 1. The molecule has 6 heteroatoms. The van der Waals surface area contributed by atoms with E-state index < -0.39 is 0 Å². The fourth-order valence-corrected chi connectivity index (χ4v) is 4.13. The molecule has 0 spiro atoms. The average Bonchev–Trinajstić information content (AvgIpc) is 3.18. The number of anilines is 1. The quantitative estimate of drug-likeness (QED) is 0.369. The van der Waals surface area contributed by atoms with E-state index in [1.807, 2.05) is 46.2 Å². The molecule has 1 saturated heterocycles. The fourth-order valence-electron chi connectivity index (χ4n) is 4.13. The number of hydrogen-bond donors (Lipinski definition) is 0. The van der Waals surface area contributed by atoms with Crippen LogP contribution in [0.2, 0.25) is 0 Å². The third-order valence-electron chi connectivity index (χ3n) is 5.95. The minimum atomic E-state index is -0.310. The molecule has 1 aliphatic heterocycles. The molecule has 0 atom stereocenters. The summed E-state index contributed by atoms with van der Waals surface area (Å²) in [5, 5.41) is 0. The van der Waals surface area contributed by atoms with Crippen LogP contribution in [0, 0.1) is 5.82 Å². The third kappa shape index (κ3) is 5.89. The van der Waals surface area contributed by atoms with Crippen molar-refractivity contribution in [1.82, 2.24) is 9.88 Å². The molecule has 1 aromatic heterocycles. The lowest BCUT2D eigenvalue weighted by atomic mass is 10.0. The minimum absolute atomic E-state index is 0.0676. The summed E-state index contributed by atoms with van der Waals surface area (Å²) >= 11 is 0. The van der Waals surface area contributed by atoms with Gasteiger partial charge in [-0.3, -0.25) is 9.88 Å². The molecule has 1 fully saturated rings. The van der Waals surface area contributed by atoms with E-state index in [0.717, 1.165) is 54.9 Å². The van der Waals surface area contributed by atoms with Crippen molar-refractivity contribution >= 4 is 11.7 Å². The Labute approximate surface area is 194 Å². The summed E-state index contributed by atoms with van der Waals surface area (Å²) in [6.07, 6.45) is 6.22. The highest BCUT2D eigenvalue weighted by Crippen LogP contribution is 2.27. The summed E-state index contributed by atoms with van der Waals surface area (Å²) < 4.78 is 19.4. The molecule has 33 heavy (non-hydrogen) atoms. The maximum absolute atomic E-state index is 13.1. The monoisotopic (exact) mass is 447 g/mol. The zero-order valence-corrected chi connectivity index (χ0v) is 19.2. The van der Waals surface area contributed by atoms with Gasteiger partial charge in [0.05, 0.1) is 0 Å². The molecular weight excluding hydrogens is 417 g/mol. The van der Waals surface area contributed by atoms with Crippen LogP contribution in [-0.4, -0.2) is 41.2 Å². The second kappa shape index (κ2) is 10.0. The maximum atomic E-state index is 13.1. The SMILES string of the molecule is CC(C)(CCCCN1CCN(c2ccncc2)C1=O)Oc1ccc(-c2ccc(F)cc2)cc1. The molecular formula is C27H30FN3O2. The maximum Gasteiger partial charge on any atom is 0.324 e. The number of rotatable bonds is 9. The van der Waals surface area contributed by atoms with Crippen LogP contribution in [0.15, 0.2) is 73.1 Å². The number of pyridine rings is 1. The van der Waals surface area contributed by atoms with Gasteiger partial charge in [-0.15, -0.1) is 0 Å². The van der Waals surface area contributed by atoms with Crippen LogP contribution in [0.1, 0.15) is 33.1 Å². The Balaban J connectivity index is 1.22. The van der Waals surface area contributed by atoms with Gasteiger partial charge in [0.15, 0.2) is 0 Å². The number of urea groups is 1. The highest BCUT2D eigenvalue weighted by molar-refractivity contribution is 5.94. The van der Waals surface area contributed by atoms with Gasteiger partial charge in [0, 0.05) is 37.7 Å². The number of carbonyl (C=O) groups is 1. The summed E-state index contributed by atoms with van der Waals surface area (Å²) in [7, 11) is 0. The van der Waals surface area contributed by atoms with Crippen LogP contribution in [0.25, 0.3) is 11.1 Å². The van der Waals surface area contributed by atoms with E-state index in [0.29, 0.717) is 6.54 Å². The van der Waals surface area contributed by atoms with Crippen molar-refractivity contribution in [3.63, 3.8) is 0 Å². The molecule has 0 aliphatic carbocycles. The van der Waals surface area contributed by atoms with E-state index in [4.69, 9.17) is 4.74 Å². The molecule has 0 bridgehead atoms. The molecule has 0 unspecified atom stereocenters. The smallest absolute Gasteiger partial charge is 0.324 e. The van der Waals surface area contributed by atoms with E-state index in [-0.39, 0.29) is 17.4 Å². The van der Waals surface area contributed by atoms with E-state index >= 15 is 0 Å². The van der Waals surface area contributed by atoms with Crippen LogP contribution in [0.5, 0.6) is 5.75 Å². The van der Waals surface area contributed by atoms with Crippen molar-refractivity contribution < 1.29 is 13.9 Å². The van der Waals surface area contributed by atoms with E-state index in [2.05, 4.69) is 18.8 Å². The van der Waals surface area contributed by atoms with Gasteiger partial charge in [-0.05, 0) is 80.6 Å². The Hall–Kier alpha value is -3.41. The van der Waals surface area contributed by atoms with Crippen molar-refractivity contribution in [2.24, 2.45) is 0 Å². The van der Waals surface area contributed by atoms with Gasteiger partial charge in [0.2, 0.25) is 0 Å². The Kier molecular flexibility index (Phi) is 6.92. The van der Waals surface area contributed by atoms with E-state index in [9.17, 15) is 9.18 Å². The van der Waals surface area contributed by atoms with Gasteiger partial charge in [-0.1, -0.05) is 24.3 Å². The molecule has 0 N–H and O–H groups in total. The molecule has 4 rings (SSSR count). The Morgan fingerprint density at radius 1 is 0.909 bits per heavy atom. The zero-order valence-electron chi connectivity index (χ0n) is 19.2. The van der Waals surface area contributed by atoms with Crippen LogP contribution < -0.4 is 9.64 Å². The molecule has 2 heterocycles. The van der Waals surface area contributed by atoms with Crippen LogP contribution in [0.3, 0.4) is 0 Å². The first-order valence-electron chi connectivity index (χ1n) is 11.4. The molecule has 0 saturated carbocycles. The van der Waals surface area contributed by atoms with Crippen molar-refractivity contribution in [2.45, 2.75) is 38.7 Å². The highest BCUT2D eigenvalue weighted by atomic mass is 19.1. The molecule has 0 radical (unpaired) electrons. The van der Waals surface area contributed by atoms with Crippen molar-refractivity contribution in [3.05, 3.63) is 78.9 Å². The van der Waals surface area contributed by atoms with Crippen LogP contribution >= 0.6 is 0 Å². The number of nitrogens with zero attached hydrogens (tertiary/aromatic N) is 3. The number of carbonyl (C=O) groups excluding carboxylic acids is 1. The minimum Gasteiger partial charge on any atom is -0.488 e. The lowest BCUT2D eigenvalue weighted by Crippen LogP contribution is -2.33. The molecule has 3 aromatic rings. The fraction of sp³-hybridized carbons (Fsp3) is 0.333. The predicted molar refractivity (Wildman–Crippen MR) is 129 cm³/mol. The highest BCUT2D eigenvalue weighted by Gasteiger charge is 2.29. The first kappa shape index (κ1) is 22.8. The number of hydrogen-bond acceptors (Lipinski definition) is 3. The lowest BCUT2D eigenvalue weighted by Gasteiger charge is -2.27. The number of aromatic nitrogens is 1. The van der Waals surface area contributed by atoms with Gasteiger partial charge in [0.1, 0.15) is 17.2 Å². The van der Waals surface area contributed by atoms with E-state index in [1.165, 1.54) is 12.1 Å². The molecule has 2 amide bonds. The van der Waals surface area contributed by atoms with Crippen LogP contribution in [-0.2, 0) is 0 Å². The molecule has 172 valence electrons. The average molecular weight is 448 g/mol. The Morgan fingerprint density at radius 2 is 1.55 bits per heavy atom. The normalized spacial score (nSPS) is 14.1. The predicted octanol–water partition coefficient (Wildman–Crippen LogP) is 6.16. The molecule has 5 nitrogen and oxygen atoms in total. The second-order valence-corrected chi connectivity index (χ2v) is 8.98. The van der Waals surface area contributed by atoms with Gasteiger partial charge in [0.25, 0.3) is 0 Å². The molecule has 1 aliphatic rings. The summed E-state index contributed by atoms with van der Waals surface area (Å²) in [4.78, 5) is 20.4. The largest absolute Gasteiger partial charge is 0.488 e. The summed E-state index contributed by atoms with van der Waals surface area (Å²) in [5.41, 5.74) is 2.59. The van der Waals surface area contributed by atoms with Crippen molar-refractivity contribution in [3.8, 4) is 16.9 Å². The second-order valence-electron chi connectivity index (χ2n) is 8.98. The van der Waals surface area contributed by atoms with Crippen LogP contribution in [0.4, 0.5) is 14.9 Å². The van der Waals surface area contributed by atoms with Crippen molar-refractivity contribution in [2.75, 3.05) is 24.5 Å². The number of halogens is 1. The standard InChI is InChI=1S/C27H30FN3O2/c1-27(2,33-25-11-7-22(8-12-25)21-5-9-23(28)10-6-21)15-3-4-18-30-19-20-31(26(30)32)24-13-16-29-17-14-24/h5-14,16-17H,3-4,15,18-20H2,1-2H3. The van der Waals surface area contributed by atoms with E-state index in [1.54, 1.807) is 24.5 Å². The topological polar surface area (TPSA) is 45.7 Å². The summed E-state index contributed by atoms with van der Waals surface area (Å²) in [6.45, 7) is 6.40. The molecule has 2 aromatic carbocycles. The lowest BCUT2D eigenvalue weighted by molar-refractivity contribution is 0.0956. The summed E-state index contributed by atoms with van der Waals surface area (Å²) in [5.74, 6) is 0.578. The summed E-state index contributed by atoms with van der Waals surface area (Å²) in [6, 6.07) is 18.2. The number of amides is 2.